The Hall–Kier alpha value is -3.71. The van der Waals surface area contributed by atoms with E-state index in [1.165, 1.54) is 11.6 Å². The van der Waals surface area contributed by atoms with Gasteiger partial charge in [-0.3, -0.25) is 4.79 Å². The second-order valence-corrected chi connectivity index (χ2v) is 9.48. The fraction of sp³-hybridized carbons (Fsp3) is 0.500. The Bertz CT molecular complexity index is 1170. The lowest BCUT2D eigenvalue weighted by molar-refractivity contribution is -0.140. The minimum absolute atomic E-state index is 0.0864. The zero-order valence-corrected chi connectivity index (χ0v) is 20.3. The number of rotatable bonds is 10. The van der Waals surface area contributed by atoms with Crippen LogP contribution in [0.15, 0.2) is 18.2 Å². The minimum atomic E-state index is -1.20. The Labute approximate surface area is 209 Å². The number of carboxylic acids is 1. The van der Waals surface area contributed by atoms with Gasteiger partial charge in [0, 0.05) is 31.0 Å². The molecule has 2 aromatic rings. The molecule has 10 nitrogen and oxygen atoms in total. The van der Waals surface area contributed by atoms with E-state index in [-0.39, 0.29) is 30.3 Å². The number of fused-ring (bicyclic) bond motifs is 1. The van der Waals surface area contributed by atoms with Gasteiger partial charge in [0.1, 0.15) is 23.5 Å². The highest BCUT2D eigenvalue weighted by atomic mass is 16.5. The van der Waals surface area contributed by atoms with Crippen molar-refractivity contribution in [2.45, 2.75) is 64.0 Å². The molecule has 10 heteroatoms. The maximum atomic E-state index is 12.6. The molecule has 0 unspecified atom stereocenters. The third kappa shape index (κ3) is 6.10. The van der Waals surface area contributed by atoms with E-state index >= 15 is 0 Å². The molecule has 36 heavy (non-hydrogen) atoms. The molecule has 0 aromatic carbocycles. The number of nitrogens with one attached hydrogen (secondary N) is 2. The first kappa shape index (κ1) is 25.4. The van der Waals surface area contributed by atoms with Crippen LogP contribution in [0, 0.1) is 24.2 Å². The Morgan fingerprint density at radius 3 is 2.89 bits per heavy atom. The van der Waals surface area contributed by atoms with Crippen molar-refractivity contribution < 1.29 is 24.5 Å². The molecule has 1 saturated carbocycles. The summed E-state index contributed by atoms with van der Waals surface area (Å²) in [5.74, 6) is -0.930. The molecule has 0 spiro atoms. The van der Waals surface area contributed by atoms with E-state index in [9.17, 15) is 25.1 Å². The fourth-order valence-electron chi connectivity index (χ4n) is 4.70. The zero-order chi connectivity index (χ0) is 25.7. The lowest BCUT2D eigenvalue weighted by Gasteiger charge is -2.35. The first-order valence-electron chi connectivity index (χ1n) is 12.3. The molecule has 0 saturated heterocycles. The number of aliphatic carboxylic acids is 1. The van der Waals surface area contributed by atoms with Gasteiger partial charge >= 0.3 is 5.97 Å². The van der Waals surface area contributed by atoms with Gasteiger partial charge in [0.05, 0.1) is 11.7 Å². The van der Waals surface area contributed by atoms with Gasteiger partial charge in [-0.25, -0.2) is 14.8 Å². The quantitative estimate of drug-likeness (QED) is 0.390. The summed E-state index contributed by atoms with van der Waals surface area (Å²) in [6.45, 7) is 2.73. The van der Waals surface area contributed by atoms with E-state index in [0.717, 1.165) is 56.6 Å². The number of pyridine rings is 2. The van der Waals surface area contributed by atoms with E-state index in [2.05, 4.69) is 27.8 Å². The van der Waals surface area contributed by atoms with Crippen molar-refractivity contribution in [1.29, 1.82) is 5.26 Å². The van der Waals surface area contributed by atoms with Crippen LogP contribution in [0.5, 0.6) is 5.88 Å². The molecule has 4 rings (SSSR count). The Balaban J connectivity index is 1.19. The molecule has 0 radical (unpaired) electrons. The number of amides is 1. The lowest BCUT2D eigenvalue weighted by atomic mass is 9.79. The van der Waals surface area contributed by atoms with Crippen LogP contribution in [0.1, 0.15) is 65.0 Å². The number of hydrogen-bond donors (Lipinski definition) is 4. The average Bonchev–Trinajstić information content (AvgIpc) is 2.83. The predicted octanol–water partition coefficient (Wildman–Crippen LogP) is 2.72. The number of carbonyl (C=O) groups excluding carboxylic acids is 1. The first-order valence-corrected chi connectivity index (χ1v) is 12.3. The Morgan fingerprint density at radius 1 is 1.33 bits per heavy atom. The second-order valence-electron chi connectivity index (χ2n) is 9.48. The number of hydrogen-bond acceptors (Lipinski definition) is 8. The van der Waals surface area contributed by atoms with Crippen LogP contribution in [0.2, 0.25) is 0 Å². The van der Waals surface area contributed by atoms with Gasteiger partial charge in [0.2, 0.25) is 5.88 Å². The Morgan fingerprint density at radius 2 is 2.14 bits per heavy atom. The topological polar surface area (TPSA) is 157 Å². The van der Waals surface area contributed by atoms with E-state index in [1.807, 2.05) is 0 Å². The summed E-state index contributed by atoms with van der Waals surface area (Å²) in [5, 5.41) is 34.4. The third-order valence-corrected chi connectivity index (χ3v) is 6.80. The van der Waals surface area contributed by atoms with Crippen molar-refractivity contribution in [3.8, 4) is 11.9 Å². The van der Waals surface area contributed by atoms with Crippen LogP contribution in [-0.2, 0) is 22.4 Å². The van der Waals surface area contributed by atoms with Gasteiger partial charge in [0.15, 0.2) is 0 Å². The van der Waals surface area contributed by atoms with Gasteiger partial charge < -0.3 is 25.6 Å². The molecule has 1 fully saturated rings. The fourth-order valence-corrected chi connectivity index (χ4v) is 4.70. The Kier molecular flexibility index (Phi) is 8.00. The molecule has 2 aromatic heterocycles. The third-order valence-electron chi connectivity index (χ3n) is 6.80. The molecule has 1 aliphatic heterocycles. The van der Waals surface area contributed by atoms with Gasteiger partial charge in [-0.15, -0.1) is 0 Å². The number of nitrogens with zero attached hydrogens (tertiary/aromatic N) is 3. The average molecular weight is 494 g/mol. The highest BCUT2D eigenvalue weighted by Gasteiger charge is 2.30. The molecule has 3 heterocycles. The maximum absolute atomic E-state index is 12.6. The smallest absolute Gasteiger partial charge is 0.326 e. The lowest BCUT2D eigenvalue weighted by Crippen LogP contribution is -2.42. The normalized spacial score (nSPS) is 19.2. The maximum Gasteiger partial charge on any atom is 0.326 e. The van der Waals surface area contributed by atoms with Crippen LogP contribution in [-0.4, -0.2) is 57.4 Å². The van der Waals surface area contributed by atoms with Crippen molar-refractivity contribution in [3.05, 3.63) is 46.3 Å². The number of nitriles is 1. The van der Waals surface area contributed by atoms with E-state index in [1.54, 1.807) is 13.0 Å². The summed E-state index contributed by atoms with van der Waals surface area (Å²) in [5.41, 5.74) is 2.33. The number of anilines is 1. The molecule has 2 aliphatic rings. The van der Waals surface area contributed by atoms with Crippen LogP contribution < -0.4 is 10.6 Å². The molecule has 1 amide bonds. The molecule has 0 bridgehead atoms. The minimum Gasteiger partial charge on any atom is -0.492 e. The van der Waals surface area contributed by atoms with E-state index < -0.39 is 23.8 Å². The van der Waals surface area contributed by atoms with Crippen molar-refractivity contribution >= 4 is 17.7 Å². The standard InChI is InChI=1S/C26H31N5O5/c1-15-11-20(21(14-27)25(33)29-15)24(32)31-22(26(34)35)8-10-36-19-12-16(13-19)4-6-18-7-5-17-3-2-9-28-23(17)30-18/h5,7,11,16,19,22H,2-4,6,8-10,12-13H2,1H3,(H,28,30)(H,29,33)(H,31,32)(H,34,35)/t16?,19?,22-/m1/s1. The SMILES string of the molecule is Cc1cc(C(=O)N[C@H](CCOC2CC(CCc3ccc4c(n3)NCCC4)C2)C(=O)O)c(C#N)c(O)n1. The number of aromatic nitrogens is 2. The second kappa shape index (κ2) is 11.4. The number of aromatic hydroxyl groups is 1. The summed E-state index contributed by atoms with van der Waals surface area (Å²) in [7, 11) is 0. The largest absolute Gasteiger partial charge is 0.492 e. The summed E-state index contributed by atoms with van der Waals surface area (Å²) in [6.07, 6.45) is 6.22. The van der Waals surface area contributed by atoms with Crippen molar-refractivity contribution in [2.75, 3.05) is 18.5 Å². The monoisotopic (exact) mass is 493 g/mol. The van der Waals surface area contributed by atoms with Crippen molar-refractivity contribution in [2.24, 2.45) is 5.92 Å². The summed E-state index contributed by atoms with van der Waals surface area (Å²) in [6, 6.07) is 6.19. The highest BCUT2D eigenvalue weighted by Crippen LogP contribution is 2.34. The molecular weight excluding hydrogens is 462 g/mol. The van der Waals surface area contributed by atoms with Crippen molar-refractivity contribution in [3.63, 3.8) is 0 Å². The van der Waals surface area contributed by atoms with Crippen LogP contribution in [0.25, 0.3) is 0 Å². The van der Waals surface area contributed by atoms with Gasteiger partial charge in [0.25, 0.3) is 5.91 Å². The van der Waals surface area contributed by atoms with Crippen LogP contribution in [0.3, 0.4) is 0 Å². The highest BCUT2D eigenvalue weighted by molar-refractivity contribution is 5.99. The summed E-state index contributed by atoms with van der Waals surface area (Å²) >= 11 is 0. The first-order chi connectivity index (χ1) is 17.3. The van der Waals surface area contributed by atoms with Gasteiger partial charge in [-0.1, -0.05) is 6.07 Å². The molecule has 1 aliphatic carbocycles. The number of ether oxygens (including phenoxy) is 1. The van der Waals surface area contributed by atoms with Gasteiger partial charge in [-0.2, -0.15) is 5.26 Å². The van der Waals surface area contributed by atoms with Crippen LogP contribution in [0.4, 0.5) is 5.82 Å². The van der Waals surface area contributed by atoms with Crippen molar-refractivity contribution in [1.82, 2.24) is 15.3 Å². The molecular formula is C26H31N5O5. The van der Waals surface area contributed by atoms with E-state index in [0.29, 0.717) is 11.6 Å². The zero-order valence-electron chi connectivity index (χ0n) is 20.3. The molecule has 4 N–H and O–H groups in total. The number of aryl methyl sites for hydroxylation is 3. The molecule has 1 atom stereocenters. The van der Waals surface area contributed by atoms with E-state index in [4.69, 9.17) is 9.72 Å². The van der Waals surface area contributed by atoms with Gasteiger partial charge in [-0.05, 0) is 69.1 Å². The summed E-state index contributed by atoms with van der Waals surface area (Å²) < 4.78 is 5.84. The number of carboxylic acid groups (broad SMARTS) is 1. The summed E-state index contributed by atoms with van der Waals surface area (Å²) in [4.78, 5) is 32.8. The molecule has 190 valence electrons. The number of carbonyl (C=O) groups is 2. The van der Waals surface area contributed by atoms with Crippen LogP contribution >= 0.6 is 0 Å². The predicted molar refractivity (Wildman–Crippen MR) is 131 cm³/mol.